The van der Waals surface area contributed by atoms with E-state index < -0.39 is 69.6 Å². The third-order valence-corrected chi connectivity index (χ3v) is 6.82. The number of anilines is 1. The summed E-state index contributed by atoms with van der Waals surface area (Å²) in [6.45, 7) is 4.11. The molecule has 2 heterocycles. The van der Waals surface area contributed by atoms with Crippen molar-refractivity contribution in [3.8, 4) is 22.9 Å². The number of carbonyl (C=O) groups excluding carboxylic acids is 1. The van der Waals surface area contributed by atoms with Crippen molar-refractivity contribution in [2.24, 2.45) is 0 Å². The van der Waals surface area contributed by atoms with Gasteiger partial charge in [0, 0.05) is 12.1 Å². The lowest BCUT2D eigenvalue weighted by Crippen LogP contribution is -2.34. The van der Waals surface area contributed by atoms with E-state index in [1.807, 2.05) is 0 Å². The van der Waals surface area contributed by atoms with Crippen LogP contribution in [0.5, 0.6) is 17.2 Å². The lowest BCUT2D eigenvalue weighted by Gasteiger charge is -2.19. The Labute approximate surface area is 244 Å². The van der Waals surface area contributed by atoms with Crippen LogP contribution in [0.4, 0.5) is 23.0 Å². The minimum atomic E-state index is -1.63. The van der Waals surface area contributed by atoms with Gasteiger partial charge < -0.3 is 24.1 Å². The van der Waals surface area contributed by atoms with E-state index in [9.17, 15) is 33.1 Å². The number of aromatic nitrogens is 2. The summed E-state index contributed by atoms with van der Waals surface area (Å²) in [5, 5.41) is 11.3. The molecule has 0 aliphatic rings. The summed E-state index contributed by atoms with van der Waals surface area (Å²) in [5.41, 5.74) is -4.99. The van der Waals surface area contributed by atoms with Gasteiger partial charge in [-0.1, -0.05) is 11.3 Å². The Kier molecular flexibility index (Phi) is 8.43. The lowest BCUT2D eigenvalue weighted by atomic mass is 10.2. The first kappa shape index (κ1) is 31.0. The largest absolute Gasteiger partial charge is 0.496 e. The molecule has 16 heteroatoms. The predicted molar refractivity (Wildman–Crippen MR) is 149 cm³/mol. The number of rotatable bonds is 8. The second kappa shape index (κ2) is 11.7. The monoisotopic (exact) mass is 623 g/mol. The Bertz CT molecular complexity index is 1880. The first-order valence-electron chi connectivity index (χ1n) is 12.2. The van der Waals surface area contributed by atoms with Gasteiger partial charge in [0.25, 0.3) is 5.56 Å². The quantitative estimate of drug-likeness (QED) is 0.251. The number of H-pyrrole nitrogens is 1. The highest BCUT2D eigenvalue weighted by molar-refractivity contribution is 7.23. The van der Waals surface area contributed by atoms with Gasteiger partial charge in [-0.2, -0.15) is 0 Å². The highest BCUT2D eigenvalue weighted by atomic mass is 32.1. The van der Waals surface area contributed by atoms with Crippen molar-refractivity contribution in [1.82, 2.24) is 9.55 Å². The molecule has 0 atom stereocenters. The summed E-state index contributed by atoms with van der Waals surface area (Å²) in [7, 11) is 2.39. The van der Waals surface area contributed by atoms with Crippen LogP contribution in [0.15, 0.2) is 33.9 Å². The van der Waals surface area contributed by atoms with Gasteiger partial charge in [-0.3, -0.25) is 15.1 Å². The van der Waals surface area contributed by atoms with Gasteiger partial charge in [-0.25, -0.2) is 32.1 Å². The molecule has 0 aliphatic carbocycles. The molecule has 0 bridgehead atoms. The summed E-state index contributed by atoms with van der Waals surface area (Å²) in [5.74, 6) is -5.77. The molecule has 12 nitrogen and oxygen atoms in total. The number of ether oxygens (including phenoxy) is 4. The van der Waals surface area contributed by atoms with Crippen molar-refractivity contribution in [1.29, 1.82) is 0 Å². The van der Waals surface area contributed by atoms with Gasteiger partial charge in [-0.05, 0) is 32.9 Å². The van der Waals surface area contributed by atoms with Crippen LogP contribution in [0.2, 0.25) is 0 Å². The van der Waals surface area contributed by atoms with Crippen LogP contribution in [-0.4, -0.2) is 46.5 Å². The minimum Gasteiger partial charge on any atom is -0.496 e. The van der Waals surface area contributed by atoms with Crippen molar-refractivity contribution in [2.75, 3.05) is 19.5 Å². The fourth-order valence-corrected chi connectivity index (χ4v) is 5.07. The van der Waals surface area contributed by atoms with E-state index in [0.717, 1.165) is 18.2 Å². The number of aromatic amines is 1. The molecule has 0 radical (unpaired) electrons. The fraction of sp³-hybridized carbons (Fsp3) is 0.259. The van der Waals surface area contributed by atoms with Crippen LogP contribution in [-0.2, 0) is 11.3 Å². The summed E-state index contributed by atoms with van der Waals surface area (Å²) in [6, 6.07) is 3.70. The zero-order chi connectivity index (χ0) is 31.8. The standard InChI is InChI=1S/C27H24F3N3O9S/c1-27(2,3)42-26(38)32-22-19(24(35)36)18-21(43-22)31-25(37)33(23(18)34)14-9-17(16(40-5)8-13(14)29)41-10-11-15(39-4)7-6-12(28)20(11)30/h6-9H,10H2,1-5H3,(H,31,37)(H,32,38)(H,35,36). The van der Waals surface area contributed by atoms with Crippen molar-refractivity contribution < 1.29 is 46.8 Å². The van der Waals surface area contributed by atoms with E-state index in [0.29, 0.717) is 15.9 Å². The van der Waals surface area contributed by atoms with Crippen LogP contribution >= 0.6 is 11.3 Å². The van der Waals surface area contributed by atoms with Crippen molar-refractivity contribution >= 4 is 38.6 Å². The number of amides is 1. The number of benzene rings is 2. The molecule has 0 saturated carbocycles. The van der Waals surface area contributed by atoms with Gasteiger partial charge in [0.2, 0.25) is 0 Å². The normalized spacial score (nSPS) is 11.3. The van der Waals surface area contributed by atoms with Crippen LogP contribution < -0.4 is 30.8 Å². The zero-order valence-corrected chi connectivity index (χ0v) is 24.0. The molecule has 0 saturated heterocycles. The number of thiophene rings is 1. The summed E-state index contributed by atoms with van der Waals surface area (Å²) in [6.07, 6.45) is -1.02. The molecular formula is C27H24F3N3O9S. The predicted octanol–water partition coefficient (Wildman–Crippen LogP) is 4.80. The smallest absolute Gasteiger partial charge is 0.412 e. The molecule has 0 unspecified atom stereocenters. The number of nitrogens with one attached hydrogen (secondary N) is 2. The second-order valence-corrected chi connectivity index (χ2v) is 10.8. The molecule has 2 aromatic heterocycles. The van der Waals surface area contributed by atoms with E-state index in [1.165, 1.54) is 20.3 Å². The number of halogens is 3. The van der Waals surface area contributed by atoms with Crippen molar-refractivity contribution in [3.05, 3.63) is 73.7 Å². The molecular weight excluding hydrogens is 599 g/mol. The number of nitrogens with zero attached hydrogens (tertiary/aromatic N) is 1. The van der Waals surface area contributed by atoms with Crippen LogP contribution in [0, 0.1) is 17.5 Å². The van der Waals surface area contributed by atoms with E-state index in [-0.39, 0.29) is 32.6 Å². The average Bonchev–Trinajstić information content (AvgIpc) is 3.27. The van der Waals surface area contributed by atoms with Crippen molar-refractivity contribution in [2.45, 2.75) is 33.0 Å². The molecule has 228 valence electrons. The van der Waals surface area contributed by atoms with Gasteiger partial charge in [0.15, 0.2) is 29.0 Å². The third kappa shape index (κ3) is 6.13. The van der Waals surface area contributed by atoms with Crippen molar-refractivity contribution in [3.63, 3.8) is 0 Å². The van der Waals surface area contributed by atoms with Crippen LogP contribution in [0.25, 0.3) is 15.9 Å². The molecule has 0 aliphatic heterocycles. The number of carboxylic acid groups (broad SMARTS) is 1. The molecule has 4 aromatic rings. The molecule has 1 amide bonds. The number of hydrogen-bond donors (Lipinski definition) is 3. The number of carbonyl (C=O) groups is 2. The number of hydrogen-bond acceptors (Lipinski definition) is 9. The zero-order valence-electron chi connectivity index (χ0n) is 23.2. The molecule has 0 spiro atoms. The maximum absolute atomic E-state index is 15.3. The lowest BCUT2D eigenvalue weighted by molar-refractivity contribution is 0.0636. The van der Waals surface area contributed by atoms with Gasteiger partial charge in [-0.15, -0.1) is 0 Å². The summed E-state index contributed by atoms with van der Waals surface area (Å²) < 4.78 is 64.8. The maximum atomic E-state index is 15.3. The number of fused-ring (bicyclic) bond motifs is 1. The Morgan fingerprint density at radius 3 is 2.30 bits per heavy atom. The van der Waals surface area contributed by atoms with Crippen LogP contribution in [0.3, 0.4) is 0 Å². The van der Waals surface area contributed by atoms with Gasteiger partial charge >= 0.3 is 17.8 Å². The van der Waals surface area contributed by atoms with E-state index in [4.69, 9.17) is 18.9 Å². The van der Waals surface area contributed by atoms with E-state index in [2.05, 4.69) is 10.3 Å². The Hall–Kier alpha value is -4.99. The first-order valence-corrected chi connectivity index (χ1v) is 13.0. The molecule has 2 aromatic carbocycles. The summed E-state index contributed by atoms with van der Waals surface area (Å²) >= 11 is 0.586. The SMILES string of the molecule is COc1cc(F)c(-n2c(=O)[nH]c3sc(NC(=O)OC(C)(C)C)c(C(=O)O)c3c2=O)cc1OCc1c(OC)ccc(F)c1F. The maximum Gasteiger partial charge on any atom is 0.412 e. The fourth-order valence-electron chi connectivity index (χ4n) is 4.01. The first-order chi connectivity index (χ1) is 20.2. The van der Waals surface area contributed by atoms with Gasteiger partial charge in [0.1, 0.15) is 33.4 Å². The summed E-state index contributed by atoms with van der Waals surface area (Å²) in [4.78, 5) is 53.2. The third-order valence-electron chi connectivity index (χ3n) is 5.80. The Morgan fingerprint density at radius 1 is 1.02 bits per heavy atom. The van der Waals surface area contributed by atoms with E-state index >= 15 is 4.39 Å². The molecule has 0 fully saturated rings. The number of aromatic carboxylic acids is 1. The number of carboxylic acids is 1. The second-order valence-electron chi connectivity index (χ2n) is 9.80. The minimum absolute atomic E-state index is 0.0484. The average molecular weight is 624 g/mol. The Balaban J connectivity index is 1.85. The number of methoxy groups -OCH3 is 2. The molecule has 43 heavy (non-hydrogen) atoms. The molecule has 3 N–H and O–H groups in total. The van der Waals surface area contributed by atoms with Gasteiger partial charge in [0.05, 0.1) is 30.9 Å². The Morgan fingerprint density at radius 2 is 1.70 bits per heavy atom. The topological polar surface area (TPSA) is 158 Å². The van der Waals surface area contributed by atoms with Crippen LogP contribution in [0.1, 0.15) is 36.7 Å². The van der Waals surface area contributed by atoms with E-state index in [1.54, 1.807) is 20.8 Å². The molecule has 4 rings (SSSR count). The highest BCUT2D eigenvalue weighted by Crippen LogP contribution is 2.35. The highest BCUT2D eigenvalue weighted by Gasteiger charge is 2.28.